The number of benzene rings is 2. The highest BCUT2D eigenvalue weighted by molar-refractivity contribution is 7.84. The first kappa shape index (κ1) is 15.7. The molecule has 3 rings (SSSR count). The van der Waals surface area contributed by atoms with Gasteiger partial charge in [0.2, 0.25) is 0 Å². The molecule has 2 amide bonds. The zero-order chi connectivity index (χ0) is 16.4. The SMILES string of the molecule is C[S@](=O)c1ccc(NC(=O)N[C@@H]2C[C@H]2c2ccc(F)cc2)cc1. The van der Waals surface area contributed by atoms with Gasteiger partial charge in [0.15, 0.2) is 0 Å². The Kier molecular flexibility index (Phi) is 4.43. The third-order valence-electron chi connectivity index (χ3n) is 3.85. The van der Waals surface area contributed by atoms with Gasteiger partial charge < -0.3 is 10.6 Å². The molecule has 23 heavy (non-hydrogen) atoms. The molecule has 6 heteroatoms. The van der Waals surface area contributed by atoms with Gasteiger partial charge in [0, 0.05) is 39.6 Å². The van der Waals surface area contributed by atoms with Crippen LogP contribution >= 0.6 is 0 Å². The van der Waals surface area contributed by atoms with E-state index in [0.29, 0.717) is 5.69 Å². The fraction of sp³-hybridized carbons (Fsp3) is 0.235. The monoisotopic (exact) mass is 332 g/mol. The average Bonchev–Trinajstić information content (AvgIpc) is 3.27. The zero-order valence-corrected chi connectivity index (χ0v) is 13.4. The highest BCUT2D eigenvalue weighted by Gasteiger charge is 2.39. The second kappa shape index (κ2) is 6.50. The molecule has 0 saturated heterocycles. The number of hydrogen-bond acceptors (Lipinski definition) is 2. The number of nitrogens with one attached hydrogen (secondary N) is 2. The first-order chi connectivity index (χ1) is 11.0. The lowest BCUT2D eigenvalue weighted by atomic mass is 10.1. The molecule has 1 fully saturated rings. The molecule has 1 aliphatic carbocycles. The zero-order valence-electron chi connectivity index (χ0n) is 12.6. The van der Waals surface area contributed by atoms with Gasteiger partial charge in [-0.15, -0.1) is 0 Å². The molecule has 0 heterocycles. The fourth-order valence-electron chi connectivity index (χ4n) is 2.50. The van der Waals surface area contributed by atoms with E-state index in [1.54, 1.807) is 42.7 Å². The Hall–Kier alpha value is -2.21. The Labute approximate surface area is 136 Å². The van der Waals surface area contributed by atoms with Crippen LogP contribution in [0.5, 0.6) is 0 Å². The summed E-state index contributed by atoms with van der Waals surface area (Å²) in [4.78, 5) is 12.7. The van der Waals surface area contributed by atoms with E-state index in [2.05, 4.69) is 10.6 Å². The van der Waals surface area contributed by atoms with E-state index in [-0.39, 0.29) is 23.8 Å². The van der Waals surface area contributed by atoms with E-state index in [0.717, 1.165) is 16.9 Å². The van der Waals surface area contributed by atoms with Crippen molar-refractivity contribution in [1.29, 1.82) is 0 Å². The Morgan fingerprint density at radius 1 is 1.13 bits per heavy atom. The number of halogens is 1. The van der Waals surface area contributed by atoms with E-state index in [4.69, 9.17) is 0 Å². The molecule has 2 N–H and O–H groups in total. The van der Waals surface area contributed by atoms with Crippen LogP contribution in [0.25, 0.3) is 0 Å². The lowest BCUT2D eigenvalue weighted by Crippen LogP contribution is -2.31. The molecule has 120 valence electrons. The minimum absolute atomic E-state index is 0.0721. The van der Waals surface area contributed by atoms with Crippen molar-refractivity contribution < 1.29 is 13.4 Å². The number of anilines is 1. The van der Waals surface area contributed by atoms with Gasteiger partial charge in [0.1, 0.15) is 5.82 Å². The van der Waals surface area contributed by atoms with Crippen LogP contribution in [0.3, 0.4) is 0 Å². The second-order valence-electron chi connectivity index (χ2n) is 5.58. The quantitative estimate of drug-likeness (QED) is 0.903. The van der Waals surface area contributed by atoms with Crippen molar-refractivity contribution in [1.82, 2.24) is 5.32 Å². The van der Waals surface area contributed by atoms with Crippen LogP contribution in [-0.2, 0) is 10.8 Å². The van der Waals surface area contributed by atoms with Gasteiger partial charge in [0.25, 0.3) is 0 Å². The maximum absolute atomic E-state index is 12.9. The van der Waals surface area contributed by atoms with Crippen molar-refractivity contribution in [2.45, 2.75) is 23.3 Å². The summed E-state index contributed by atoms with van der Waals surface area (Å²) in [7, 11) is -1.03. The summed E-state index contributed by atoms with van der Waals surface area (Å²) in [6.07, 6.45) is 2.46. The van der Waals surface area contributed by atoms with E-state index in [1.165, 1.54) is 12.1 Å². The van der Waals surface area contributed by atoms with Crippen molar-refractivity contribution in [3.05, 3.63) is 59.9 Å². The molecule has 1 saturated carbocycles. The highest BCUT2D eigenvalue weighted by atomic mass is 32.2. The van der Waals surface area contributed by atoms with E-state index >= 15 is 0 Å². The normalized spacial score (nSPS) is 20.6. The van der Waals surface area contributed by atoms with Crippen LogP contribution in [0.15, 0.2) is 53.4 Å². The van der Waals surface area contributed by atoms with Crippen LogP contribution in [0.2, 0.25) is 0 Å². The molecule has 2 aromatic rings. The maximum Gasteiger partial charge on any atom is 0.319 e. The smallest absolute Gasteiger partial charge is 0.319 e. The molecule has 2 aromatic carbocycles. The molecule has 0 spiro atoms. The van der Waals surface area contributed by atoms with Crippen molar-refractivity contribution in [2.75, 3.05) is 11.6 Å². The number of carbonyl (C=O) groups excluding carboxylic acids is 1. The number of rotatable bonds is 4. The van der Waals surface area contributed by atoms with E-state index in [9.17, 15) is 13.4 Å². The summed E-state index contributed by atoms with van der Waals surface area (Å²) < 4.78 is 24.2. The van der Waals surface area contributed by atoms with Gasteiger partial charge in [-0.2, -0.15) is 0 Å². The Balaban J connectivity index is 1.52. The second-order valence-corrected chi connectivity index (χ2v) is 6.96. The van der Waals surface area contributed by atoms with E-state index < -0.39 is 10.8 Å². The Bertz CT molecular complexity index is 731. The molecule has 0 radical (unpaired) electrons. The molecule has 1 aliphatic rings. The van der Waals surface area contributed by atoms with Gasteiger partial charge in [0.05, 0.1) is 0 Å². The van der Waals surface area contributed by atoms with Gasteiger partial charge in [-0.3, -0.25) is 4.21 Å². The molecule has 0 aliphatic heterocycles. The maximum atomic E-state index is 12.9. The average molecular weight is 332 g/mol. The van der Waals surface area contributed by atoms with Crippen LogP contribution in [0.1, 0.15) is 17.9 Å². The summed E-state index contributed by atoms with van der Waals surface area (Å²) in [5.41, 5.74) is 1.68. The van der Waals surface area contributed by atoms with Crippen molar-refractivity contribution in [3.63, 3.8) is 0 Å². The third-order valence-corrected chi connectivity index (χ3v) is 4.79. The van der Waals surface area contributed by atoms with Crippen LogP contribution < -0.4 is 10.6 Å². The summed E-state index contributed by atoms with van der Waals surface area (Å²) in [5.74, 6) is -0.0145. The van der Waals surface area contributed by atoms with Gasteiger partial charge in [-0.05, 0) is 48.4 Å². The van der Waals surface area contributed by atoms with Crippen LogP contribution in [-0.4, -0.2) is 22.5 Å². The lowest BCUT2D eigenvalue weighted by Gasteiger charge is -2.08. The molecule has 0 bridgehead atoms. The van der Waals surface area contributed by atoms with Crippen molar-refractivity contribution >= 4 is 22.5 Å². The first-order valence-corrected chi connectivity index (χ1v) is 8.85. The Morgan fingerprint density at radius 3 is 2.39 bits per heavy atom. The molecule has 3 atom stereocenters. The van der Waals surface area contributed by atoms with Crippen molar-refractivity contribution in [2.24, 2.45) is 0 Å². The number of carbonyl (C=O) groups is 1. The fourth-order valence-corrected chi connectivity index (χ4v) is 3.02. The van der Waals surface area contributed by atoms with Gasteiger partial charge >= 0.3 is 6.03 Å². The first-order valence-electron chi connectivity index (χ1n) is 7.29. The van der Waals surface area contributed by atoms with Gasteiger partial charge in [-0.1, -0.05) is 12.1 Å². The predicted molar refractivity (Wildman–Crippen MR) is 88.5 cm³/mol. The third kappa shape index (κ3) is 3.96. The summed E-state index contributed by atoms with van der Waals surface area (Å²) in [5, 5.41) is 5.65. The van der Waals surface area contributed by atoms with Crippen LogP contribution in [0.4, 0.5) is 14.9 Å². The topological polar surface area (TPSA) is 58.2 Å². The highest BCUT2D eigenvalue weighted by Crippen LogP contribution is 2.40. The summed E-state index contributed by atoms with van der Waals surface area (Å²) in [6.45, 7) is 0. The minimum Gasteiger partial charge on any atom is -0.334 e. The summed E-state index contributed by atoms with van der Waals surface area (Å²) in [6, 6.07) is 13.1. The molecule has 0 unspecified atom stereocenters. The minimum atomic E-state index is -1.03. The number of hydrogen-bond donors (Lipinski definition) is 2. The largest absolute Gasteiger partial charge is 0.334 e. The molecule has 0 aromatic heterocycles. The van der Waals surface area contributed by atoms with Gasteiger partial charge in [-0.25, -0.2) is 9.18 Å². The van der Waals surface area contributed by atoms with E-state index in [1.807, 2.05) is 0 Å². The number of urea groups is 1. The molecular weight excluding hydrogens is 315 g/mol. The lowest BCUT2D eigenvalue weighted by molar-refractivity contribution is 0.251. The molecule has 4 nitrogen and oxygen atoms in total. The predicted octanol–water partition coefficient (Wildman–Crippen LogP) is 3.24. The van der Waals surface area contributed by atoms with Crippen molar-refractivity contribution in [3.8, 4) is 0 Å². The number of amides is 2. The standard InChI is InChI=1S/C17H17FN2O2S/c1-23(22)14-8-6-13(7-9-14)19-17(21)20-16-10-15(16)11-2-4-12(18)5-3-11/h2-9,15-16H,10H2,1H3,(H2,19,20,21)/t15-,16+,23-/m0/s1. The Morgan fingerprint density at radius 2 is 1.78 bits per heavy atom. The summed E-state index contributed by atoms with van der Waals surface area (Å²) >= 11 is 0. The molecular formula is C17H17FN2O2S. The van der Waals surface area contributed by atoms with Crippen LogP contribution in [0, 0.1) is 5.82 Å².